The van der Waals surface area contributed by atoms with E-state index in [0.717, 1.165) is 4.90 Å². The van der Waals surface area contributed by atoms with Gasteiger partial charge in [0, 0.05) is 27.5 Å². The first-order valence-corrected chi connectivity index (χ1v) is 6.35. The molecule has 0 saturated heterocycles. The van der Waals surface area contributed by atoms with Crippen LogP contribution in [-0.2, 0) is 0 Å². The predicted molar refractivity (Wildman–Crippen MR) is 74.6 cm³/mol. The van der Waals surface area contributed by atoms with Crippen molar-refractivity contribution in [1.29, 1.82) is 5.41 Å². The molecular formula is C13H10FN3O2S. The van der Waals surface area contributed by atoms with E-state index in [4.69, 9.17) is 11.1 Å². The molecule has 20 heavy (non-hydrogen) atoms. The standard InChI is InChI=1S/C13H10FN3O2S/c14-8-1-6-12(11(7-8)13(15)16)20-10-4-2-9(3-5-10)17(18)19/h1-7H,(H3,15,16). The van der Waals surface area contributed by atoms with E-state index in [0.29, 0.717) is 10.5 Å². The fourth-order valence-electron chi connectivity index (χ4n) is 1.56. The Balaban J connectivity index is 2.30. The van der Waals surface area contributed by atoms with Crippen molar-refractivity contribution in [2.24, 2.45) is 5.73 Å². The van der Waals surface area contributed by atoms with E-state index in [1.807, 2.05) is 0 Å². The van der Waals surface area contributed by atoms with Gasteiger partial charge in [0.2, 0.25) is 0 Å². The van der Waals surface area contributed by atoms with Crippen LogP contribution in [0.1, 0.15) is 5.56 Å². The molecule has 2 aromatic rings. The minimum atomic E-state index is -0.479. The molecule has 3 N–H and O–H groups in total. The van der Waals surface area contributed by atoms with Crippen LogP contribution in [0, 0.1) is 21.3 Å². The van der Waals surface area contributed by atoms with Crippen LogP contribution < -0.4 is 5.73 Å². The van der Waals surface area contributed by atoms with Crippen molar-refractivity contribution in [3.05, 3.63) is 64.0 Å². The van der Waals surface area contributed by atoms with Crippen LogP contribution in [0.3, 0.4) is 0 Å². The number of nitro groups is 1. The van der Waals surface area contributed by atoms with Gasteiger partial charge < -0.3 is 5.73 Å². The van der Waals surface area contributed by atoms with Crippen LogP contribution in [0.5, 0.6) is 0 Å². The lowest BCUT2D eigenvalue weighted by Crippen LogP contribution is -2.12. The summed E-state index contributed by atoms with van der Waals surface area (Å²) >= 11 is 1.26. The van der Waals surface area contributed by atoms with E-state index >= 15 is 0 Å². The molecule has 0 fully saturated rings. The zero-order chi connectivity index (χ0) is 14.7. The van der Waals surface area contributed by atoms with Gasteiger partial charge >= 0.3 is 0 Å². The van der Waals surface area contributed by atoms with Crippen molar-refractivity contribution in [3.8, 4) is 0 Å². The van der Waals surface area contributed by atoms with Gasteiger partial charge in [0.15, 0.2) is 0 Å². The quantitative estimate of drug-likeness (QED) is 0.391. The lowest BCUT2D eigenvalue weighted by molar-refractivity contribution is -0.384. The van der Waals surface area contributed by atoms with E-state index in [1.165, 1.54) is 42.1 Å². The van der Waals surface area contributed by atoms with Crippen LogP contribution in [-0.4, -0.2) is 10.8 Å². The first-order chi connectivity index (χ1) is 9.47. The number of hydrogen-bond donors (Lipinski definition) is 2. The molecule has 0 aliphatic rings. The molecular weight excluding hydrogens is 281 g/mol. The Labute approximate surface area is 118 Å². The molecule has 0 spiro atoms. The van der Waals surface area contributed by atoms with Crippen LogP contribution in [0.15, 0.2) is 52.3 Å². The average Bonchev–Trinajstić information content (AvgIpc) is 2.41. The SMILES string of the molecule is N=C(N)c1cc(F)ccc1Sc1ccc([N+](=O)[O-])cc1. The Hall–Kier alpha value is -2.41. The van der Waals surface area contributed by atoms with Crippen LogP contribution in [0.4, 0.5) is 10.1 Å². The monoisotopic (exact) mass is 291 g/mol. The fourth-order valence-corrected chi connectivity index (χ4v) is 2.51. The molecule has 0 amide bonds. The van der Waals surface area contributed by atoms with Gasteiger partial charge in [-0.25, -0.2) is 4.39 Å². The van der Waals surface area contributed by atoms with E-state index in [9.17, 15) is 14.5 Å². The number of nitrogen functional groups attached to an aromatic ring is 1. The number of amidine groups is 1. The number of hydrogen-bond acceptors (Lipinski definition) is 4. The summed E-state index contributed by atoms with van der Waals surface area (Å²) in [5.41, 5.74) is 5.71. The number of nitrogens with two attached hydrogens (primary N) is 1. The smallest absolute Gasteiger partial charge is 0.269 e. The second-order valence-electron chi connectivity index (χ2n) is 3.91. The van der Waals surface area contributed by atoms with Crippen LogP contribution in [0.25, 0.3) is 0 Å². The molecule has 0 saturated carbocycles. The van der Waals surface area contributed by atoms with E-state index < -0.39 is 10.7 Å². The predicted octanol–water partition coefficient (Wildman–Crippen LogP) is 3.17. The summed E-state index contributed by atoms with van der Waals surface area (Å²) < 4.78 is 13.2. The Bertz CT molecular complexity index is 674. The topological polar surface area (TPSA) is 93.0 Å². The van der Waals surface area contributed by atoms with Crippen LogP contribution in [0.2, 0.25) is 0 Å². The zero-order valence-corrected chi connectivity index (χ0v) is 11.0. The molecule has 2 aromatic carbocycles. The summed E-state index contributed by atoms with van der Waals surface area (Å²) in [5, 5.41) is 18.0. The maximum Gasteiger partial charge on any atom is 0.269 e. The third-order valence-corrected chi connectivity index (χ3v) is 3.59. The molecule has 0 radical (unpaired) electrons. The fraction of sp³-hybridized carbons (Fsp3) is 0. The molecule has 0 aromatic heterocycles. The maximum absolute atomic E-state index is 13.2. The number of benzene rings is 2. The molecule has 5 nitrogen and oxygen atoms in total. The first kappa shape index (κ1) is 14.0. The van der Waals surface area contributed by atoms with Crippen molar-refractivity contribution in [2.45, 2.75) is 9.79 Å². The third kappa shape index (κ3) is 3.12. The molecule has 2 rings (SSSR count). The molecule has 0 atom stereocenters. The normalized spacial score (nSPS) is 10.2. The highest BCUT2D eigenvalue weighted by atomic mass is 32.2. The molecule has 0 bridgehead atoms. The van der Waals surface area contributed by atoms with E-state index in [1.54, 1.807) is 12.1 Å². The van der Waals surface area contributed by atoms with Gasteiger partial charge in [-0.2, -0.15) is 0 Å². The second-order valence-corrected chi connectivity index (χ2v) is 5.02. The number of nitro benzene ring substituents is 1. The number of rotatable bonds is 4. The van der Waals surface area contributed by atoms with Crippen molar-refractivity contribution in [3.63, 3.8) is 0 Å². The van der Waals surface area contributed by atoms with Gasteiger partial charge in [0.1, 0.15) is 11.7 Å². The van der Waals surface area contributed by atoms with Gasteiger partial charge in [0.05, 0.1) is 4.92 Å². The van der Waals surface area contributed by atoms with Crippen molar-refractivity contribution < 1.29 is 9.31 Å². The first-order valence-electron chi connectivity index (χ1n) is 5.53. The molecule has 7 heteroatoms. The Kier molecular flexibility index (Phi) is 3.99. The average molecular weight is 291 g/mol. The lowest BCUT2D eigenvalue weighted by Gasteiger charge is -2.07. The molecule has 102 valence electrons. The molecule has 0 aliphatic carbocycles. The minimum Gasteiger partial charge on any atom is -0.384 e. The van der Waals surface area contributed by atoms with Gasteiger partial charge in [-0.05, 0) is 30.3 Å². The highest BCUT2D eigenvalue weighted by Crippen LogP contribution is 2.31. The molecule has 0 unspecified atom stereocenters. The summed E-state index contributed by atoms with van der Waals surface area (Å²) in [6.45, 7) is 0. The minimum absolute atomic E-state index is 0.000229. The largest absolute Gasteiger partial charge is 0.384 e. The van der Waals surface area contributed by atoms with Gasteiger partial charge in [0.25, 0.3) is 5.69 Å². The molecule has 0 heterocycles. The second kappa shape index (κ2) is 5.70. The summed E-state index contributed by atoms with van der Waals surface area (Å²) in [6, 6.07) is 9.96. The third-order valence-electron chi connectivity index (χ3n) is 2.51. The van der Waals surface area contributed by atoms with Gasteiger partial charge in [-0.3, -0.25) is 15.5 Å². The summed E-state index contributed by atoms with van der Waals surface area (Å²) in [4.78, 5) is 11.4. The van der Waals surface area contributed by atoms with Gasteiger partial charge in [-0.15, -0.1) is 0 Å². The zero-order valence-electron chi connectivity index (χ0n) is 10.2. The Morgan fingerprint density at radius 1 is 1.25 bits per heavy atom. The summed E-state index contributed by atoms with van der Waals surface area (Å²) in [7, 11) is 0. The van der Waals surface area contributed by atoms with Crippen molar-refractivity contribution >= 4 is 23.3 Å². The number of non-ortho nitro benzene ring substituents is 1. The molecule has 0 aliphatic heterocycles. The van der Waals surface area contributed by atoms with Crippen molar-refractivity contribution in [1.82, 2.24) is 0 Å². The van der Waals surface area contributed by atoms with Gasteiger partial charge in [-0.1, -0.05) is 11.8 Å². The number of nitrogens with zero attached hydrogens (tertiary/aromatic N) is 1. The van der Waals surface area contributed by atoms with Crippen molar-refractivity contribution in [2.75, 3.05) is 0 Å². The summed E-state index contributed by atoms with van der Waals surface area (Å²) in [5.74, 6) is -0.697. The lowest BCUT2D eigenvalue weighted by atomic mass is 10.2. The Morgan fingerprint density at radius 3 is 2.45 bits per heavy atom. The highest BCUT2D eigenvalue weighted by Gasteiger charge is 2.10. The maximum atomic E-state index is 13.2. The number of halogens is 1. The highest BCUT2D eigenvalue weighted by molar-refractivity contribution is 7.99. The van der Waals surface area contributed by atoms with E-state index in [-0.39, 0.29) is 11.5 Å². The van der Waals surface area contributed by atoms with E-state index in [2.05, 4.69) is 0 Å². The Morgan fingerprint density at radius 2 is 1.90 bits per heavy atom. The van der Waals surface area contributed by atoms with Crippen LogP contribution >= 0.6 is 11.8 Å². The number of nitrogens with one attached hydrogen (secondary N) is 1. The summed E-state index contributed by atoms with van der Waals surface area (Å²) in [6.07, 6.45) is 0.